The van der Waals surface area contributed by atoms with Gasteiger partial charge in [-0.25, -0.2) is 10.2 Å². The van der Waals surface area contributed by atoms with Gasteiger partial charge in [-0.1, -0.05) is 18.2 Å². The van der Waals surface area contributed by atoms with Crippen LogP contribution in [-0.2, 0) is 5.88 Å². The summed E-state index contributed by atoms with van der Waals surface area (Å²) in [4.78, 5) is 24.0. The molecule has 21 heavy (non-hydrogen) atoms. The molecule has 3 N–H and O–H groups in total. The van der Waals surface area contributed by atoms with E-state index in [1.165, 1.54) is 11.3 Å². The summed E-state index contributed by atoms with van der Waals surface area (Å²) in [6, 6.07) is 10.0. The summed E-state index contributed by atoms with van der Waals surface area (Å²) >= 11 is 10.3. The average Bonchev–Trinajstić information content (AvgIpc) is 2.92. The number of urea groups is 1. The van der Waals surface area contributed by atoms with E-state index in [0.29, 0.717) is 10.6 Å². The molecular weight excluding hydrogens is 378 g/mol. The number of hydrazine groups is 1. The fraction of sp³-hybridized carbons (Fsp3) is 0.0769. The number of benzene rings is 1. The quantitative estimate of drug-likeness (QED) is 0.554. The molecule has 5 nitrogen and oxygen atoms in total. The van der Waals surface area contributed by atoms with Gasteiger partial charge in [0.05, 0.1) is 8.66 Å². The van der Waals surface area contributed by atoms with Crippen LogP contribution < -0.4 is 16.2 Å². The standard InChI is InChI=1S/C13H11BrClN3O2S/c14-11-6-5-10(21-11)12(19)17-18-13(20)16-9-4-2-1-3-8(9)7-15/h1-6H,7H2,(H,17,19)(H2,16,18,20). The van der Waals surface area contributed by atoms with Crippen LogP contribution in [0.4, 0.5) is 10.5 Å². The van der Waals surface area contributed by atoms with Crippen LogP contribution in [0.25, 0.3) is 0 Å². The molecule has 0 atom stereocenters. The monoisotopic (exact) mass is 387 g/mol. The first-order chi connectivity index (χ1) is 10.1. The molecule has 0 unspecified atom stereocenters. The van der Waals surface area contributed by atoms with Crippen molar-refractivity contribution in [3.8, 4) is 0 Å². The maximum absolute atomic E-state index is 11.8. The van der Waals surface area contributed by atoms with Gasteiger partial charge in [0, 0.05) is 11.6 Å². The van der Waals surface area contributed by atoms with Crippen LogP contribution in [0.1, 0.15) is 15.2 Å². The van der Waals surface area contributed by atoms with Crippen LogP contribution in [0.3, 0.4) is 0 Å². The van der Waals surface area contributed by atoms with Gasteiger partial charge in [0.15, 0.2) is 0 Å². The molecular formula is C13H11BrClN3O2S. The molecule has 0 aliphatic rings. The van der Waals surface area contributed by atoms with Crippen molar-refractivity contribution in [2.45, 2.75) is 5.88 Å². The van der Waals surface area contributed by atoms with Gasteiger partial charge in [-0.15, -0.1) is 22.9 Å². The van der Waals surface area contributed by atoms with E-state index in [0.717, 1.165) is 9.35 Å². The summed E-state index contributed by atoms with van der Waals surface area (Å²) in [6.45, 7) is 0. The van der Waals surface area contributed by atoms with Crippen molar-refractivity contribution in [3.05, 3.63) is 50.6 Å². The minimum absolute atomic E-state index is 0.284. The lowest BCUT2D eigenvalue weighted by Crippen LogP contribution is -2.43. The van der Waals surface area contributed by atoms with Gasteiger partial charge in [-0.05, 0) is 39.7 Å². The number of carbonyl (C=O) groups excluding carboxylic acids is 2. The van der Waals surface area contributed by atoms with Crippen molar-refractivity contribution in [1.82, 2.24) is 10.9 Å². The first kappa shape index (κ1) is 15.8. The van der Waals surface area contributed by atoms with E-state index in [1.807, 2.05) is 12.1 Å². The number of thiophene rings is 1. The van der Waals surface area contributed by atoms with E-state index in [-0.39, 0.29) is 11.8 Å². The lowest BCUT2D eigenvalue weighted by Gasteiger charge is -2.10. The van der Waals surface area contributed by atoms with Crippen LogP contribution in [0.15, 0.2) is 40.2 Å². The van der Waals surface area contributed by atoms with Crippen molar-refractivity contribution in [2.75, 3.05) is 5.32 Å². The molecule has 110 valence electrons. The highest BCUT2D eigenvalue weighted by Gasteiger charge is 2.10. The van der Waals surface area contributed by atoms with E-state index in [9.17, 15) is 9.59 Å². The summed E-state index contributed by atoms with van der Waals surface area (Å²) in [5.74, 6) is -0.0991. The van der Waals surface area contributed by atoms with Crippen LogP contribution in [0.5, 0.6) is 0 Å². The molecule has 2 rings (SSSR count). The van der Waals surface area contributed by atoms with Crippen LogP contribution >= 0.6 is 38.9 Å². The second-order valence-electron chi connectivity index (χ2n) is 3.93. The summed E-state index contributed by atoms with van der Waals surface area (Å²) in [5.41, 5.74) is 6.00. The van der Waals surface area contributed by atoms with E-state index in [4.69, 9.17) is 11.6 Å². The zero-order valence-corrected chi connectivity index (χ0v) is 13.8. The number of nitrogens with one attached hydrogen (secondary N) is 3. The van der Waals surface area contributed by atoms with Gasteiger partial charge in [-0.2, -0.15) is 0 Å². The molecule has 0 bridgehead atoms. The number of alkyl halides is 1. The molecule has 3 amide bonds. The summed E-state index contributed by atoms with van der Waals surface area (Å²) < 4.78 is 0.841. The van der Waals surface area contributed by atoms with Gasteiger partial charge in [0.25, 0.3) is 5.91 Å². The third kappa shape index (κ3) is 4.45. The Balaban J connectivity index is 1.89. The van der Waals surface area contributed by atoms with E-state index in [1.54, 1.807) is 24.3 Å². The zero-order valence-electron chi connectivity index (χ0n) is 10.7. The summed E-state index contributed by atoms with van der Waals surface area (Å²) in [5, 5.41) is 2.62. The van der Waals surface area contributed by atoms with Gasteiger partial charge >= 0.3 is 6.03 Å². The van der Waals surface area contributed by atoms with Crippen molar-refractivity contribution in [3.63, 3.8) is 0 Å². The summed E-state index contributed by atoms with van der Waals surface area (Å²) in [6.07, 6.45) is 0. The Labute approximate surface area is 138 Å². The lowest BCUT2D eigenvalue weighted by atomic mass is 10.2. The van der Waals surface area contributed by atoms with Crippen LogP contribution in [-0.4, -0.2) is 11.9 Å². The third-order valence-corrected chi connectivity index (χ3v) is 4.41. The van der Waals surface area contributed by atoms with Crippen molar-refractivity contribution >= 4 is 56.5 Å². The number of carbonyl (C=O) groups is 2. The van der Waals surface area contributed by atoms with Gasteiger partial charge in [0.2, 0.25) is 0 Å². The smallest absolute Gasteiger partial charge is 0.306 e. The fourth-order valence-corrected chi connectivity index (χ4v) is 3.04. The highest BCUT2D eigenvalue weighted by Crippen LogP contribution is 2.21. The molecule has 0 saturated carbocycles. The molecule has 0 aliphatic carbocycles. The topological polar surface area (TPSA) is 70.2 Å². The Morgan fingerprint density at radius 1 is 1.14 bits per heavy atom. The van der Waals surface area contributed by atoms with Gasteiger partial charge in [-0.3, -0.25) is 10.2 Å². The minimum atomic E-state index is -0.545. The molecule has 1 aromatic heterocycles. The first-order valence-corrected chi connectivity index (χ1v) is 8.01. The summed E-state index contributed by atoms with van der Waals surface area (Å²) in [7, 11) is 0. The highest BCUT2D eigenvalue weighted by atomic mass is 79.9. The van der Waals surface area contributed by atoms with Crippen molar-refractivity contribution < 1.29 is 9.59 Å². The Morgan fingerprint density at radius 2 is 1.90 bits per heavy atom. The second-order valence-corrected chi connectivity index (χ2v) is 6.66. The lowest BCUT2D eigenvalue weighted by molar-refractivity contribution is 0.0942. The number of anilines is 1. The molecule has 1 heterocycles. The molecule has 1 aromatic carbocycles. The van der Waals surface area contributed by atoms with E-state index in [2.05, 4.69) is 32.1 Å². The number of para-hydroxylation sites is 1. The first-order valence-electron chi connectivity index (χ1n) is 5.86. The molecule has 0 radical (unpaired) electrons. The molecule has 0 fully saturated rings. The number of rotatable bonds is 3. The Kier molecular flexibility index (Phi) is 5.60. The second kappa shape index (κ2) is 7.44. The van der Waals surface area contributed by atoms with Crippen LogP contribution in [0, 0.1) is 0 Å². The molecule has 0 saturated heterocycles. The van der Waals surface area contributed by atoms with E-state index >= 15 is 0 Å². The molecule has 0 aliphatic heterocycles. The predicted octanol–water partition coefficient (Wildman–Crippen LogP) is 3.72. The van der Waals surface area contributed by atoms with E-state index < -0.39 is 6.03 Å². The van der Waals surface area contributed by atoms with Crippen LogP contribution in [0.2, 0.25) is 0 Å². The Hall–Kier alpha value is -1.57. The Bertz CT molecular complexity index is 662. The number of halogens is 2. The van der Waals surface area contributed by atoms with Gasteiger partial charge < -0.3 is 5.32 Å². The SMILES string of the molecule is O=C(NNC(=O)c1ccc(Br)s1)Nc1ccccc1CCl. The maximum Gasteiger partial charge on any atom is 0.337 e. The normalized spacial score (nSPS) is 10.0. The number of hydrogen-bond acceptors (Lipinski definition) is 3. The Morgan fingerprint density at radius 3 is 2.57 bits per heavy atom. The van der Waals surface area contributed by atoms with Crippen molar-refractivity contribution in [2.24, 2.45) is 0 Å². The number of hydrogen-bond donors (Lipinski definition) is 3. The molecule has 0 spiro atoms. The maximum atomic E-state index is 11.8. The third-order valence-electron chi connectivity index (χ3n) is 2.50. The molecule has 2 aromatic rings. The average molecular weight is 389 g/mol. The fourth-order valence-electron chi connectivity index (χ4n) is 1.52. The molecule has 8 heteroatoms. The largest absolute Gasteiger partial charge is 0.337 e. The highest BCUT2D eigenvalue weighted by molar-refractivity contribution is 9.11. The zero-order chi connectivity index (χ0) is 15.2. The predicted molar refractivity (Wildman–Crippen MR) is 87.6 cm³/mol. The number of amides is 3. The van der Waals surface area contributed by atoms with Gasteiger partial charge in [0.1, 0.15) is 0 Å². The minimum Gasteiger partial charge on any atom is -0.306 e. The van der Waals surface area contributed by atoms with Crippen molar-refractivity contribution in [1.29, 1.82) is 0 Å².